The highest BCUT2D eigenvalue weighted by molar-refractivity contribution is 6.48. The zero-order chi connectivity index (χ0) is 25.1. The van der Waals surface area contributed by atoms with Crippen molar-refractivity contribution in [2.75, 3.05) is 0 Å². The number of hydrogen-bond donors (Lipinski definition) is 2. The summed E-state index contributed by atoms with van der Waals surface area (Å²) in [7, 11) is -0.485. The van der Waals surface area contributed by atoms with Crippen LogP contribution in [0, 0.1) is 23.7 Å². The molecule has 4 aliphatic rings. The van der Waals surface area contributed by atoms with Gasteiger partial charge in [0.1, 0.15) is 11.7 Å². The molecule has 1 aromatic carbocycles. The van der Waals surface area contributed by atoms with Gasteiger partial charge in [-0.15, -0.1) is 0 Å². The number of carbonyl (C=O) groups excluding carboxylic acids is 2. The third kappa shape index (κ3) is 3.75. The number of hydrogen-bond acceptors (Lipinski definition) is 6. The maximum Gasteiger partial charge on any atom is 0.481 e. The fraction of sp³-hybridized carbons (Fsp3) is 0.556. The lowest BCUT2D eigenvalue weighted by Gasteiger charge is -2.64. The van der Waals surface area contributed by atoms with Gasteiger partial charge >= 0.3 is 7.12 Å². The van der Waals surface area contributed by atoms with E-state index in [1.807, 2.05) is 30.3 Å². The van der Waals surface area contributed by atoms with Crippen molar-refractivity contribution in [3.8, 4) is 0 Å². The number of benzene rings is 1. The molecule has 4 fully saturated rings. The average Bonchev–Trinajstić information content (AvgIpc) is 3.54. The zero-order valence-electron chi connectivity index (χ0n) is 21.0. The van der Waals surface area contributed by atoms with E-state index in [9.17, 15) is 9.59 Å². The second-order valence-corrected chi connectivity index (χ2v) is 11.5. The van der Waals surface area contributed by atoms with E-state index < -0.39 is 19.1 Å². The summed E-state index contributed by atoms with van der Waals surface area (Å²) >= 11 is 0. The molecule has 1 spiro atoms. The molecule has 3 saturated carbocycles. The first-order chi connectivity index (χ1) is 17.3. The maximum atomic E-state index is 13.7. The second kappa shape index (κ2) is 8.66. The van der Waals surface area contributed by atoms with Crippen molar-refractivity contribution >= 4 is 18.9 Å². The van der Waals surface area contributed by atoms with Crippen molar-refractivity contribution in [2.24, 2.45) is 23.7 Å². The zero-order valence-corrected chi connectivity index (χ0v) is 21.0. The number of amides is 2. The molecule has 3 unspecified atom stereocenters. The lowest BCUT2D eigenvalue weighted by Crippen LogP contribution is -2.73. The van der Waals surface area contributed by atoms with Crippen LogP contribution in [0.15, 0.2) is 48.9 Å². The number of nitrogens with zero attached hydrogens (tertiary/aromatic N) is 2. The van der Waals surface area contributed by atoms with Crippen LogP contribution in [-0.2, 0) is 20.5 Å². The molecule has 7 atom stereocenters. The van der Waals surface area contributed by atoms with Crippen molar-refractivity contribution < 1.29 is 18.9 Å². The third-order valence-corrected chi connectivity index (χ3v) is 8.66. The molecule has 36 heavy (non-hydrogen) atoms. The van der Waals surface area contributed by atoms with Crippen molar-refractivity contribution in [2.45, 2.75) is 69.6 Å². The van der Waals surface area contributed by atoms with E-state index in [0.717, 1.165) is 24.3 Å². The summed E-state index contributed by atoms with van der Waals surface area (Å²) in [5.74, 6) is 1.35. The molecule has 2 heterocycles. The van der Waals surface area contributed by atoms with Gasteiger partial charge in [0, 0.05) is 18.8 Å². The van der Waals surface area contributed by atoms with E-state index in [-0.39, 0.29) is 28.7 Å². The van der Waals surface area contributed by atoms with Gasteiger partial charge in [0.25, 0.3) is 5.91 Å². The van der Waals surface area contributed by atoms with Crippen LogP contribution < -0.4 is 10.6 Å². The summed E-state index contributed by atoms with van der Waals surface area (Å²) in [6.07, 6.45) is 7.71. The van der Waals surface area contributed by atoms with Crippen LogP contribution in [0.4, 0.5) is 0 Å². The van der Waals surface area contributed by atoms with Crippen LogP contribution in [0.25, 0.3) is 0 Å². The number of nitrogens with one attached hydrogen (secondary N) is 2. The molecule has 6 rings (SSSR count). The Labute approximate surface area is 212 Å². The Kier molecular flexibility index (Phi) is 5.68. The van der Waals surface area contributed by atoms with E-state index in [1.54, 1.807) is 0 Å². The summed E-state index contributed by atoms with van der Waals surface area (Å²) in [5, 5.41) is 6.07. The molecule has 8 nitrogen and oxygen atoms in total. The molecule has 1 aromatic heterocycles. The summed E-state index contributed by atoms with van der Waals surface area (Å²) in [6.45, 7) is 6.43. The van der Waals surface area contributed by atoms with Crippen molar-refractivity contribution in [3.63, 3.8) is 0 Å². The Morgan fingerprint density at radius 2 is 1.94 bits per heavy atom. The predicted octanol–water partition coefficient (Wildman–Crippen LogP) is 2.59. The van der Waals surface area contributed by atoms with Crippen LogP contribution in [0.3, 0.4) is 0 Å². The molecule has 2 amide bonds. The normalized spacial score (nSPS) is 32.8. The van der Waals surface area contributed by atoms with Gasteiger partial charge in [0.05, 0.1) is 23.3 Å². The standard InChI is InChI=1S/C27H33BN4O4/c1-16(2)11-23(28-35-26(3)14-20-18-13-19(18)27(20,26)36-28)32-24(33)21(12-17-7-5-4-6-8-17)31-25(34)22-15-29-9-10-30-22/h4-10,15-16,18-21,23H,11-14H2,1-3H3,(H,31,34)(H,32,33)/t18?,19?,20?,21-,23-,26+,27-/m0/s1. The summed E-state index contributed by atoms with van der Waals surface area (Å²) < 4.78 is 13.2. The van der Waals surface area contributed by atoms with Gasteiger partial charge in [-0.2, -0.15) is 0 Å². The van der Waals surface area contributed by atoms with E-state index in [0.29, 0.717) is 24.2 Å². The lowest BCUT2D eigenvalue weighted by atomic mass is 9.47. The highest BCUT2D eigenvalue weighted by Gasteiger charge is 2.88. The molecular formula is C27H33BN4O4. The van der Waals surface area contributed by atoms with Gasteiger partial charge in [-0.25, -0.2) is 4.98 Å². The molecule has 1 aliphatic heterocycles. The first-order valence-corrected chi connectivity index (χ1v) is 13.1. The number of carbonyl (C=O) groups is 2. The smallest absolute Gasteiger partial charge is 0.402 e. The van der Waals surface area contributed by atoms with Gasteiger partial charge in [0.2, 0.25) is 5.91 Å². The monoisotopic (exact) mass is 488 g/mol. The minimum absolute atomic E-state index is 0.161. The molecule has 3 aliphatic carbocycles. The Morgan fingerprint density at radius 3 is 2.64 bits per heavy atom. The fourth-order valence-electron chi connectivity index (χ4n) is 6.98. The molecule has 0 radical (unpaired) electrons. The van der Waals surface area contributed by atoms with Crippen molar-refractivity contribution in [1.82, 2.24) is 20.6 Å². The van der Waals surface area contributed by atoms with Gasteiger partial charge in [-0.1, -0.05) is 44.2 Å². The predicted molar refractivity (Wildman–Crippen MR) is 134 cm³/mol. The fourth-order valence-corrected chi connectivity index (χ4v) is 6.98. The largest absolute Gasteiger partial charge is 0.481 e. The van der Waals surface area contributed by atoms with Gasteiger partial charge in [-0.3, -0.25) is 14.6 Å². The highest BCUT2D eigenvalue weighted by Crippen LogP contribution is 2.81. The highest BCUT2D eigenvalue weighted by atomic mass is 16.7. The van der Waals surface area contributed by atoms with Gasteiger partial charge in [-0.05, 0) is 55.4 Å². The number of fused-ring (bicyclic) bond motifs is 2. The molecule has 9 heteroatoms. The summed E-state index contributed by atoms with van der Waals surface area (Å²) in [4.78, 5) is 34.6. The Hall–Kier alpha value is -2.78. The molecule has 2 aromatic rings. The Morgan fingerprint density at radius 1 is 1.14 bits per heavy atom. The van der Waals surface area contributed by atoms with E-state index in [1.165, 1.54) is 25.0 Å². The SMILES string of the molecule is CC(C)C[C@H](NC(=O)[C@H](Cc1ccccc1)NC(=O)c1cnccn1)B1O[C@@]23C4CC4C2C[C@@]3(C)O1. The summed E-state index contributed by atoms with van der Waals surface area (Å²) in [5.41, 5.74) is 0.700. The topological polar surface area (TPSA) is 102 Å². The van der Waals surface area contributed by atoms with Crippen LogP contribution in [0.2, 0.25) is 0 Å². The molecular weight excluding hydrogens is 455 g/mol. The third-order valence-electron chi connectivity index (χ3n) is 8.66. The minimum Gasteiger partial charge on any atom is -0.402 e. The first kappa shape index (κ1) is 23.6. The Balaban J connectivity index is 1.20. The first-order valence-electron chi connectivity index (χ1n) is 13.1. The lowest BCUT2D eigenvalue weighted by molar-refractivity contribution is -0.240. The number of rotatable bonds is 9. The molecule has 1 saturated heterocycles. The van der Waals surface area contributed by atoms with Crippen LogP contribution in [0.1, 0.15) is 56.1 Å². The van der Waals surface area contributed by atoms with Crippen LogP contribution in [0.5, 0.6) is 0 Å². The molecule has 0 bridgehead atoms. The quantitative estimate of drug-likeness (QED) is 0.527. The van der Waals surface area contributed by atoms with E-state index in [4.69, 9.17) is 9.31 Å². The maximum absolute atomic E-state index is 13.7. The van der Waals surface area contributed by atoms with Crippen molar-refractivity contribution in [1.29, 1.82) is 0 Å². The molecule has 188 valence electrons. The van der Waals surface area contributed by atoms with E-state index >= 15 is 0 Å². The summed E-state index contributed by atoms with van der Waals surface area (Å²) in [6, 6.07) is 8.89. The van der Waals surface area contributed by atoms with Crippen LogP contribution in [-0.4, -0.2) is 52.1 Å². The Bertz CT molecular complexity index is 1150. The van der Waals surface area contributed by atoms with E-state index in [2.05, 4.69) is 41.4 Å². The molecule has 2 N–H and O–H groups in total. The minimum atomic E-state index is -0.785. The second-order valence-electron chi connectivity index (χ2n) is 11.5. The average molecular weight is 488 g/mol. The van der Waals surface area contributed by atoms with Crippen LogP contribution >= 0.6 is 0 Å². The van der Waals surface area contributed by atoms with Gasteiger partial charge in [0.15, 0.2) is 0 Å². The van der Waals surface area contributed by atoms with Crippen molar-refractivity contribution in [3.05, 3.63) is 60.2 Å². The number of aromatic nitrogens is 2. The van der Waals surface area contributed by atoms with Gasteiger partial charge < -0.3 is 19.9 Å².